The number of aromatic nitrogens is 3. The lowest BCUT2D eigenvalue weighted by Gasteiger charge is -2.12. The minimum atomic E-state index is -0.267. The summed E-state index contributed by atoms with van der Waals surface area (Å²) in [5.74, 6) is 0.865. The third-order valence-corrected chi connectivity index (χ3v) is 6.18. The van der Waals surface area contributed by atoms with E-state index in [4.69, 9.17) is 4.42 Å². The van der Waals surface area contributed by atoms with Crippen LogP contribution in [0.25, 0.3) is 32.9 Å². The van der Waals surface area contributed by atoms with Gasteiger partial charge in [0.1, 0.15) is 5.76 Å². The lowest BCUT2D eigenvalue weighted by Crippen LogP contribution is -2.18. The molecule has 3 N–H and O–H groups in total. The first-order chi connectivity index (χ1) is 15.7. The van der Waals surface area contributed by atoms with E-state index in [1.165, 1.54) is 12.8 Å². The Kier molecular flexibility index (Phi) is 4.54. The van der Waals surface area contributed by atoms with Gasteiger partial charge >= 0.3 is 0 Å². The number of likely N-dealkylation sites (tertiary alicyclic amines) is 1. The molecule has 1 aliphatic heterocycles. The smallest absolute Gasteiger partial charge is 0.291 e. The third-order valence-electron chi connectivity index (χ3n) is 6.18. The number of aromatic amines is 2. The van der Waals surface area contributed by atoms with Gasteiger partial charge in [0.15, 0.2) is 5.76 Å². The van der Waals surface area contributed by atoms with Crippen LogP contribution in [-0.2, 0) is 6.54 Å². The summed E-state index contributed by atoms with van der Waals surface area (Å²) in [5.41, 5.74) is 4.71. The number of H-pyrrole nitrogens is 2. The van der Waals surface area contributed by atoms with Crippen molar-refractivity contribution >= 4 is 33.4 Å². The number of carbonyl (C=O) groups excluding carboxylic acids is 1. The van der Waals surface area contributed by atoms with Crippen molar-refractivity contribution < 1.29 is 9.21 Å². The summed E-state index contributed by atoms with van der Waals surface area (Å²) in [5, 5.41) is 12.2. The first-order valence-corrected chi connectivity index (χ1v) is 10.9. The number of benzene rings is 2. The number of furan rings is 1. The number of anilines is 1. The molecule has 0 aliphatic carbocycles. The fourth-order valence-electron chi connectivity index (χ4n) is 4.58. The third kappa shape index (κ3) is 3.36. The monoisotopic (exact) mass is 425 g/mol. The summed E-state index contributed by atoms with van der Waals surface area (Å²) in [4.78, 5) is 18.6. The van der Waals surface area contributed by atoms with Crippen molar-refractivity contribution in [2.75, 3.05) is 18.4 Å². The molecule has 1 saturated heterocycles. The van der Waals surface area contributed by atoms with Gasteiger partial charge < -0.3 is 14.7 Å². The molecule has 0 saturated carbocycles. The van der Waals surface area contributed by atoms with Crippen LogP contribution in [0.5, 0.6) is 0 Å². The van der Waals surface area contributed by atoms with Gasteiger partial charge in [-0.15, -0.1) is 0 Å². The van der Waals surface area contributed by atoms with E-state index in [-0.39, 0.29) is 5.91 Å². The summed E-state index contributed by atoms with van der Waals surface area (Å²) >= 11 is 0. The average Bonchev–Trinajstić information content (AvgIpc) is 3.60. The molecular formula is C25H23N5O2. The summed E-state index contributed by atoms with van der Waals surface area (Å²) in [7, 11) is 0. The molecule has 5 aromatic rings. The molecule has 1 aliphatic rings. The van der Waals surface area contributed by atoms with E-state index in [1.807, 2.05) is 30.5 Å². The molecule has 0 unspecified atom stereocenters. The maximum Gasteiger partial charge on any atom is 0.291 e. The molecule has 0 radical (unpaired) electrons. The van der Waals surface area contributed by atoms with Gasteiger partial charge in [0.25, 0.3) is 5.91 Å². The molecule has 1 fully saturated rings. The van der Waals surface area contributed by atoms with Crippen molar-refractivity contribution in [3.63, 3.8) is 0 Å². The second-order valence-corrected chi connectivity index (χ2v) is 8.30. The molecule has 0 atom stereocenters. The maximum atomic E-state index is 13.0. The van der Waals surface area contributed by atoms with E-state index < -0.39 is 0 Å². The molecule has 7 nitrogen and oxygen atoms in total. The lowest BCUT2D eigenvalue weighted by molar-refractivity contribution is 0.0993. The summed E-state index contributed by atoms with van der Waals surface area (Å²) in [6.07, 6.45) is 6.11. The zero-order valence-electron chi connectivity index (χ0n) is 17.5. The number of carbonyl (C=O) groups is 1. The Bertz CT molecular complexity index is 1420. The van der Waals surface area contributed by atoms with Crippen LogP contribution >= 0.6 is 0 Å². The number of nitrogens with zero attached hydrogens (tertiary/aromatic N) is 2. The summed E-state index contributed by atoms with van der Waals surface area (Å²) < 4.78 is 5.85. The Morgan fingerprint density at radius 1 is 1.06 bits per heavy atom. The highest BCUT2D eigenvalue weighted by atomic mass is 16.4. The molecule has 1 amide bonds. The number of hydrogen-bond donors (Lipinski definition) is 3. The molecule has 0 bridgehead atoms. The van der Waals surface area contributed by atoms with Gasteiger partial charge in [-0.3, -0.25) is 14.8 Å². The van der Waals surface area contributed by atoms with Crippen LogP contribution in [-0.4, -0.2) is 39.1 Å². The molecule has 2 aromatic carbocycles. The predicted molar refractivity (Wildman–Crippen MR) is 125 cm³/mol. The van der Waals surface area contributed by atoms with Gasteiger partial charge in [-0.1, -0.05) is 12.1 Å². The standard InChI is InChI=1S/C25H23N5O2/c31-25(24-7-6-17(32-24)15-30-10-1-2-11-30)28-22-12-16(13-23-20(22)14-27-29-23)18-4-3-5-21-19(18)8-9-26-21/h3-9,12-14,26H,1-2,10-11,15H2,(H,27,29)(H,28,31). The van der Waals surface area contributed by atoms with Gasteiger partial charge in [0.2, 0.25) is 0 Å². The first-order valence-electron chi connectivity index (χ1n) is 10.9. The van der Waals surface area contributed by atoms with Crippen LogP contribution in [0.3, 0.4) is 0 Å². The van der Waals surface area contributed by atoms with E-state index in [9.17, 15) is 4.79 Å². The molecule has 7 heteroatoms. The Hall–Kier alpha value is -3.84. The van der Waals surface area contributed by atoms with E-state index in [2.05, 4.69) is 43.6 Å². The highest BCUT2D eigenvalue weighted by Gasteiger charge is 2.18. The second-order valence-electron chi connectivity index (χ2n) is 8.30. The Balaban J connectivity index is 1.32. The molecule has 160 valence electrons. The van der Waals surface area contributed by atoms with Gasteiger partial charge in [-0.05, 0) is 73.5 Å². The first kappa shape index (κ1) is 18.9. The van der Waals surface area contributed by atoms with Crippen LogP contribution in [0.15, 0.2) is 65.3 Å². The van der Waals surface area contributed by atoms with Gasteiger partial charge in [-0.25, -0.2) is 0 Å². The minimum absolute atomic E-state index is 0.267. The molecule has 4 heterocycles. The van der Waals surface area contributed by atoms with Crippen molar-refractivity contribution in [1.29, 1.82) is 0 Å². The van der Waals surface area contributed by atoms with Crippen molar-refractivity contribution in [1.82, 2.24) is 20.1 Å². The molecule has 32 heavy (non-hydrogen) atoms. The van der Waals surface area contributed by atoms with Crippen LogP contribution < -0.4 is 5.32 Å². The quantitative estimate of drug-likeness (QED) is 0.363. The number of fused-ring (bicyclic) bond motifs is 2. The Labute approximate surface area is 184 Å². The molecule has 6 rings (SSSR count). The summed E-state index contributed by atoms with van der Waals surface area (Å²) in [6, 6.07) is 15.9. The second kappa shape index (κ2) is 7.69. The molecule has 0 spiro atoms. The average molecular weight is 425 g/mol. The summed E-state index contributed by atoms with van der Waals surface area (Å²) in [6.45, 7) is 2.91. The highest BCUT2D eigenvalue weighted by molar-refractivity contribution is 6.09. The van der Waals surface area contributed by atoms with Gasteiger partial charge in [-0.2, -0.15) is 5.10 Å². The van der Waals surface area contributed by atoms with Crippen molar-refractivity contribution in [3.05, 3.63) is 72.4 Å². The molecule has 3 aromatic heterocycles. The molecular weight excluding hydrogens is 402 g/mol. The van der Waals surface area contributed by atoms with Crippen LogP contribution in [0.2, 0.25) is 0 Å². The van der Waals surface area contributed by atoms with Crippen molar-refractivity contribution in [3.8, 4) is 11.1 Å². The highest BCUT2D eigenvalue weighted by Crippen LogP contribution is 2.34. The van der Waals surface area contributed by atoms with Crippen LogP contribution in [0.1, 0.15) is 29.2 Å². The van der Waals surface area contributed by atoms with Crippen molar-refractivity contribution in [2.45, 2.75) is 19.4 Å². The topological polar surface area (TPSA) is 89.9 Å². The van der Waals surface area contributed by atoms with E-state index in [0.29, 0.717) is 11.4 Å². The number of hydrogen-bond acceptors (Lipinski definition) is 4. The van der Waals surface area contributed by atoms with Gasteiger partial charge in [0.05, 0.1) is 23.9 Å². The SMILES string of the molecule is O=C(Nc1cc(-c2cccc3[nH]ccc23)cc2[nH]ncc12)c1ccc(CN2CCCC2)o1. The van der Waals surface area contributed by atoms with Crippen LogP contribution in [0, 0.1) is 0 Å². The zero-order chi connectivity index (χ0) is 21.5. The van der Waals surface area contributed by atoms with Gasteiger partial charge in [0, 0.05) is 22.5 Å². The lowest BCUT2D eigenvalue weighted by atomic mass is 9.99. The zero-order valence-corrected chi connectivity index (χ0v) is 17.5. The predicted octanol–water partition coefficient (Wildman–Crippen LogP) is 5.15. The number of rotatable bonds is 5. The van der Waals surface area contributed by atoms with E-state index >= 15 is 0 Å². The maximum absolute atomic E-state index is 13.0. The van der Waals surface area contributed by atoms with Crippen molar-refractivity contribution in [2.24, 2.45) is 0 Å². The van der Waals surface area contributed by atoms with Crippen LogP contribution in [0.4, 0.5) is 5.69 Å². The Morgan fingerprint density at radius 2 is 1.97 bits per heavy atom. The Morgan fingerprint density at radius 3 is 2.88 bits per heavy atom. The van der Waals surface area contributed by atoms with E-state index in [1.54, 1.807) is 12.3 Å². The fraction of sp³-hybridized carbons (Fsp3) is 0.200. The minimum Gasteiger partial charge on any atom is -0.455 e. The van der Waals surface area contributed by atoms with E-state index in [0.717, 1.165) is 58.3 Å². The number of amides is 1. The normalized spacial score (nSPS) is 14.5. The fourth-order valence-corrected chi connectivity index (χ4v) is 4.58. The largest absolute Gasteiger partial charge is 0.455 e. The number of nitrogens with one attached hydrogen (secondary N) is 3.